The molecule has 2 N–H and O–H groups in total. The van der Waals surface area contributed by atoms with Gasteiger partial charge in [0.15, 0.2) is 11.5 Å². The van der Waals surface area contributed by atoms with Crippen LogP contribution in [0.2, 0.25) is 0 Å². The maximum Gasteiger partial charge on any atom is 0.165 e. The fraction of sp³-hybridized carbons (Fsp3) is 0.455. The van der Waals surface area contributed by atoms with Crippen LogP contribution in [-0.4, -0.2) is 21.3 Å². The second kappa shape index (κ2) is 5.58. The van der Waals surface area contributed by atoms with Gasteiger partial charge in [0.1, 0.15) is 0 Å². The van der Waals surface area contributed by atoms with Gasteiger partial charge in [-0.3, -0.25) is 0 Å². The Bertz CT molecular complexity index is 326. The van der Waals surface area contributed by atoms with Crippen molar-refractivity contribution in [3.8, 4) is 11.5 Å². The summed E-state index contributed by atoms with van der Waals surface area (Å²) < 4.78 is 15.6. The predicted octanol–water partition coefficient (Wildman–Crippen LogP) is 1.31. The van der Waals surface area contributed by atoms with E-state index in [-0.39, 0.29) is 0 Å². The molecule has 0 spiro atoms. The van der Waals surface area contributed by atoms with E-state index in [0.717, 1.165) is 11.1 Å². The zero-order valence-corrected chi connectivity index (χ0v) is 9.37. The van der Waals surface area contributed by atoms with E-state index in [0.29, 0.717) is 24.7 Å². The molecule has 0 saturated heterocycles. The lowest BCUT2D eigenvalue weighted by molar-refractivity contribution is 0.183. The summed E-state index contributed by atoms with van der Waals surface area (Å²) in [7, 11) is 4.86. The third kappa shape index (κ3) is 2.40. The van der Waals surface area contributed by atoms with Gasteiger partial charge in [-0.15, -0.1) is 0 Å². The third-order valence-electron chi connectivity index (χ3n) is 2.25. The zero-order chi connectivity index (χ0) is 11.3. The lowest BCUT2D eigenvalue weighted by Gasteiger charge is -2.15. The highest BCUT2D eigenvalue weighted by Crippen LogP contribution is 2.33. The molecule has 1 aromatic rings. The van der Waals surface area contributed by atoms with Crippen molar-refractivity contribution in [1.82, 2.24) is 0 Å². The first-order valence-electron chi connectivity index (χ1n) is 4.70. The summed E-state index contributed by atoms with van der Waals surface area (Å²) in [6, 6.07) is 3.79. The van der Waals surface area contributed by atoms with Crippen LogP contribution in [0.5, 0.6) is 11.5 Å². The van der Waals surface area contributed by atoms with Crippen LogP contribution in [-0.2, 0) is 17.9 Å². The zero-order valence-electron chi connectivity index (χ0n) is 9.37. The normalized spacial score (nSPS) is 10.1. The first-order valence-corrected chi connectivity index (χ1v) is 4.70. The molecule has 0 aromatic heterocycles. The molecule has 0 aliphatic rings. The summed E-state index contributed by atoms with van der Waals surface area (Å²) in [6.07, 6.45) is 0. The Kier molecular flexibility index (Phi) is 4.39. The smallest absolute Gasteiger partial charge is 0.165 e. The van der Waals surface area contributed by atoms with Crippen molar-refractivity contribution in [3.63, 3.8) is 0 Å². The Morgan fingerprint density at radius 3 is 2.33 bits per heavy atom. The summed E-state index contributed by atoms with van der Waals surface area (Å²) in [4.78, 5) is 0. The first kappa shape index (κ1) is 11.8. The minimum atomic E-state index is 0.402. The van der Waals surface area contributed by atoms with E-state index >= 15 is 0 Å². The molecular weight excluding hydrogens is 194 g/mol. The van der Waals surface area contributed by atoms with Crippen LogP contribution in [0, 0.1) is 0 Å². The molecule has 0 atom stereocenters. The Morgan fingerprint density at radius 1 is 1.13 bits per heavy atom. The molecule has 4 heteroatoms. The van der Waals surface area contributed by atoms with Gasteiger partial charge >= 0.3 is 0 Å². The van der Waals surface area contributed by atoms with Gasteiger partial charge < -0.3 is 19.9 Å². The van der Waals surface area contributed by atoms with E-state index < -0.39 is 0 Å². The monoisotopic (exact) mass is 211 g/mol. The second-order valence-electron chi connectivity index (χ2n) is 3.08. The molecule has 0 amide bonds. The molecule has 84 valence electrons. The highest BCUT2D eigenvalue weighted by atomic mass is 16.5. The summed E-state index contributed by atoms with van der Waals surface area (Å²) in [5.74, 6) is 1.38. The van der Waals surface area contributed by atoms with Gasteiger partial charge in [-0.2, -0.15) is 0 Å². The van der Waals surface area contributed by atoms with Crippen molar-refractivity contribution >= 4 is 0 Å². The Balaban J connectivity index is 3.21. The van der Waals surface area contributed by atoms with Crippen molar-refractivity contribution < 1.29 is 14.2 Å². The summed E-state index contributed by atoms with van der Waals surface area (Å²) >= 11 is 0. The minimum Gasteiger partial charge on any atom is -0.493 e. The fourth-order valence-corrected chi connectivity index (χ4v) is 1.55. The van der Waals surface area contributed by atoms with Gasteiger partial charge in [0.05, 0.1) is 20.8 Å². The van der Waals surface area contributed by atoms with E-state index in [1.165, 1.54) is 0 Å². The first-order chi connectivity index (χ1) is 7.28. The topological polar surface area (TPSA) is 53.7 Å². The van der Waals surface area contributed by atoms with Gasteiger partial charge in [0, 0.05) is 19.2 Å². The number of benzene rings is 1. The van der Waals surface area contributed by atoms with E-state index in [1.807, 2.05) is 12.1 Å². The number of hydrogen-bond donors (Lipinski definition) is 1. The van der Waals surface area contributed by atoms with Crippen molar-refractivity contribution in [1.29, 1.82) is 0 Å². The van der Waals surface area contributed by atoms with E-state index in [1.54, 1.807) is 21.3 Å². The number of rotatable bonds is 5. The fourth-order valence-electron chi connectivity index (χ4n) is 1.55. The van der Waals surface area contributed by atoms with Crippen LogP contribution in [0.3, 0.4) is 0 Å². The van der Waals surface area contributed by atoms with Crippen LogP contribution >= 0.6 is 0 Å². The van der Waals surface area contributed by atoms with Crippen molar-refractivity contribution in [2.45, 2.75) is 13.2 Å². The Labute approximate surface area is 89.9 Å². The quantitative estimate of drug-likeness (QED) is 0.797. The van der Waals surface area contributed by atoms with Crippen molar-refractivity contribution in [3.05, 3.63) is 23.3 Å². The summed E-state index contributed by atoms with van der Waals surface area (Å²) in [5.41, 5.74) is 7.64. The Morgan fingerprint density at radius 2 is 1.87 bits per heavy atom. The molecule has 0 unspecified atom stereocenters. The molecule has 0 bridgehead atoms. The summed E-state index contributed by atoms with van der Waals surface area (Å²) in [5, 5.41) is 0. The Hall–Kier alpha value is -1.26. The summed E-state index contributed by atoms with van der Waals surface area (Å²) in [6.45, 7) is 0.923. The highest BCUT2D eigenvalue weighted by molar-refractivity contribution is 5.50. The number of methoxy groups -OCH3 is 3. The number of hydrogen-bond acceptors (Lipinski definition) is 4. The maximum atomic E-state index is 5.69. The van der Waals surface area contributed by atoms with Gasteiger partial charge in [-0.25, -0.2) is 0 Å². The largest absolute Gasteiger partial charge is 0.493 e. The molecule has 1 rings (SSSR count). The minimum absolute atomic E-state index is 0.402. The molecule has 1 aromatic carbocycles. The van der Waals surface area contributed by atoms with Crippen LogP contribution in [0.4, 0.5) is 0 Å². The number of nitrogens with two attached hydrogens (primary N) is 1. The second-order valence-corrected chi connectivity index (χ2v) is 3.08. The molecule has 0 saturated carbocycles. The average molecular weight is 211 g/mol. The SMILES string of the molecule is COCc1ccc(OC)c(OC)c1CN. The maximum absolute atomic E-state index is 5.69. The average Bonchev–Trinajstić information content (AvgIpc) is 2.28. The van der Waals surface area contributed by atoms with E-state index in [9.17, 15) is 0 Å². The van der Waals surface area contributed by atoms with Gasteiger partial charge in [-0.05, 0) is 11.6 Å². The van der Waals surface area contributed by atoms with Crippen LogP contribution in [0.15, 0.2) is 12.1 Å². The van der Waals surface area contributed by atoms with Gasteiger partial charge in [0.2, 0.25) is 0 Å². The van der Waals surface area contributed by atoms with Crippen molar-refractivity contribution in [2.24, 2.45) is 5.73 Å². The molecule has 0 aliphatic carbocycles. The molecule has 15 heavy (non-hydrogen) atoms. The molecule has 0 fully saturated rings. The van der Waals surface area contributed by atoms with Gasteiger partial charge in [0.25, 0.3) is 0 Å². The molecule has 0 heterocycles. The van der Waals surface area contributed by atoms with E-state index in [2.05, 4.69) is 0 Å². The molecule has 0 radical (unpaired) electrons. The predicted molar refractivity (Wildman–Crippen MR) is 58.2 cm³/mol. The molecular formula is C11H17NO3. The standard InChI is InChI=1S/C11H17NO3/c1-13-7-8-4-5-10(14-2)11(15-3)9(8)6-12/h4-5H,6-7,12H2,1-3H3. The van der Waals surface area contributed by atoms with Crippen LogP contribution in [0.25, 0.3) is 0 Å². The highest BCUT2D eigenvalue weighted by Gasteiger charge is 2.13. The number of ether oxygens (including phenoxy) is 3. The van der Waals surface area contributed by atoms with Gasteiger partial charge in [-0.1, -0.05) is 6.07 Å². The molecule has 0 aliphatic heterocycles. The lowest BCUT2D eigenvalue weighted by Crippen LogP contribution is -2.06. The van der Waals surface area contributed by atoms with Crippen molar-refractivity contribution in [2.75, 3.05) is 21.3 Å². The lowest BCUT2D eigenvalue weighted by atomic mass is 10.1. The van der Waals surface area contributed by atoms with Crippen LogP contribution in [0.1, 0.15) is 11.1 Å². The third-order valence-corrected chi connectivity index (χ3v) is 2.25. The van der Waals surface area contributed by atoms with Crippen LogP contribution < -0.4 is 15.2 Å². The molecule has 4 nitrogen and oxygen atoms in total. The van der Waals surface area contributed by atoms with E-state index in [4.69, 9.17) is 19.9 Å².